The van der Waals surface area contributed by atoms with Gasteiger partial charge in [0.15, 0.2) is 0 Å². The van der Waals surface area contributed by atoms with E-state index < -0.39 is 264 Å². The van der Waals surface area contributed by atoms with Crippen LogP contribution in [0.4, 0.5) is 0 Å². The van der Waals surface area contributed by atoms with Gasteiger partial charge in [0.2, 0.25) is 0 Å². The van der Waals surface area contributed by atoms with Crippen molar-refractivity contribution in [2.24, 2.45) is 0 Å². The van der Waals surface area contributed by atoms with E-state index in [1.807, 2.05) is 0 Å². The van der Waals surface area contributed by atoms with E-state index >= 15 is 0 Å². The number of nitrogens with zero attached hydrogens (tertiary/aromatic N) is 2. The summed E-state index contributed by atoms with van der Waals surface area (Å²) in [5.74, 6) is 0. The van der Waals surface area contributed by atoms with Gasteiger partial charge in [0, 0.05) is 47.4 Å². The van der Waals surface area contributed by atoms with Crippen molar-refractivity contribution in [1.82, 2.24) is 9.13 Å². The van der Waals surface area contributed by atoms with Gasteiger partial charge < -0.3 is 9.13 Å². The van der Waals surface area contributed by atoms with Gasteiger partial charge in [-0.25, -0.2) is 0 Å². The molecule has 0 aliphatic carbocycles. The number of hydrogen-bond acceptors (Lipinski definition) is 1. The molecule has 51 heavy (non-hydrogen) atoms. The fourth-order valence-corrected chi connectivity index (χ4v) is 7.38. The molecule has 0 unspecified atom stereocenters. The number of benzene rings is 8. The fraction of sp³-hybridized carbons (Fsp3) is 0. The highest BCUT2D eigenvalue weighted by molar-refractivity contribution is 7.26. The third kappa shape index (κ3) is 4.22. The zero-order valence-electron chi connectivity index (χ0n) is 55.3. The summed E-state index contributed by atoms with van der Waals surface area (Å²) in [6.45, 7) is 0. The van der Waals surface area contributed by atoms with Gasteiger partial charge >= 0.3 is 0 Å². The summed E-state index contributed by atoms with van der Waals surface area (Å²) < 4.78 is 272. The number of aromatic nitrogens is 2. The summed E-state index contributed by atoms with van der Waals surface area (Å²) in [4.78, 5) is 0. The van der Waals surface area contributed by atoms with Crippen molar-refractivity contribution >= 4 is 75.1 Å². The lowest BCUT2D eigenvalue weighted by molar-refractivity contribution is 1.18. The molecule has 238 valence electrons. The van der Waals surface area contributed by atoms with Gasteiger partial charge in [-0.3, -0.25) is 0 Å². The first kappa shape index (κ1) is 11.8. The number of rotatable bonds is 4. The molecule has 2 nitrogen and oxygen atoms in total. The van der Waals surface area contributed by atoms with Gasteiger partial charge in [-0.1, -0.05) is 121 Å². The zero-order valence-corrected chi connectivity index (χ0v) is 26.1. The van der Waals surface area contributed by atoms with Gasteiger partial charge in [-0.2, -0.15) is 0 Å². The summed E-state index contributed by atoms with van der Waals surface area (Å²) >= 11 is 0.570. The van der Waals surface area contributed by atoms with Crippen LogP contribution in [0.1, 0.15) is 41.1 Å². The van der Waals surface area contributed by atoms with E-state index in [1.165, 1.54) is 0 Å². The molecule has 0 saturated carbocycles. The largest absolute Gasteiger partial charge is 0.309 e. The second-order valence-corrected chi connectivity index (χ2v) is 12.0. The minimum atomic E-state index is -1.06. The molecule has 0 N–H and O–H groups in total. The third-order valence-electron chi connectivity index (χ3n) is 8.35. The predicted octanol–water partition coefficient (Wildman–Crippen LogP) is 13.6. The van der Waals surface area contributed by atoms with E-state index in [4.69, 9.17) is 26.0 Å². The van der Waals surface area contributed by atoms with Gasteiger partial charge in [-0.15, -0.1) is 11.3 Å². The molecule has 3 heteroatoms. The second kappa shape index (κ2) is 11.0. The first-order valence-electron chi connectivity index (χ1n) is 30.0. The molecule has 3 aromatic heterocycles. The van der Waals surface area contributed by atoms with Crippen LogP contribution < -0.4 is 0 Å². The Morgan fingerprint density at radius 3 is 1.61 bits per heavy atom. The molecule has 11 rings (SSSR count). The van der Waals surface area contributed by atoms with Gasteiger partial charge in [0.05, 0.1) is 68.9 Å². The SMILES string of the molecule is [2H]c1c([2H])c([2H])c(-c2c([2H])c([2H])c(-n3c4c([2H])c([2H])c([2H])c([2H])c4c4c([2H])c(-c5c([2H])c([2H])c6c(c5[2H])c5c([2H])c([2H])c([2H])c([2H])c5n6-c5c([2H])c([2H])c([2H])c([2H])c5[2H])c([2H])c([2H])c43)c3c2sc2c([2H])c([2H])c([2H])c([2H])c23)c([2H])c1[2H]. The van der Waals surface area contributed by atoms with E-state index in [-0.39, 0.29) is 14.8 Å². The van der Waals surface area contributed by atoms with Gasteiger partial charge in [0.25, 0.3) is 0 Å². The molecule has 8 aromatic carbocycles. The lowest BCUT2D eigenvalue weighted by atomic mass is 10.0. The van der Waals surface area contributed by atoms with Crippen molar-refractivity contribution in [3.05, 3.63) is 181 Å². The minimum Gasteiger partial charge on any atom is -0.309 e. The second-order valence-electron chi connectivity index (χ2n) is 11.0. The highest BCUT2D eigenvalue weighted by atomic mass is 32.1. The Labute approximate surface area is 340 Å². The maximum atomic E-state index is 10.0. The Balaban J connectivity index is 1.38. The number of para-hydroxylation sites is 3. The molecule has 3 heterocycles. The average molecular weight is 697 g/mol. The molecular formula is C48H30N2S. The summed E-state index contributed by atoms with van der Waals surface area (Å²) in [5, 5.41) is -3.22. The molecular weight excluding hydrogens is 637 g/mol. The fourth-order valence-electron chi connectivity index (χ4n) is 6.26. The molecule has 0 fully saturated rings. The summed E-state index contributed by atoms with van der Waals surface area (Å²) in [5.41, 5.74) is -6.76. The predicted molar refractivity (Wildman–Crippen MR) is 219 cm³/mol. The Hall–Kier alpha value is -6.42. The maximum Gasteiger partial charge on any atom is 0.0645 e. The van der Waals surface area contributed by atoms with Crippen LogP contribution in [-0.2, 0) is 0 Å². The summed E-state index contributed by atoms with van der Waals surface area (Å²) in [6, 6.07) is -26.8. The Morgan fingerprint density at radius 1 is 0.392 bits per heavy atom. The monoisotopic (exact) mass is 696 g/mol. The van der Waals surface area contributed by atoms with Crippen LogP contribution in [0.15, 0.2) is 181 Å². The molecule has 0 spiro atoms. The lowest BCUT2D eigenvalue weighted by Gasteiger charge is -2.13. The van der Waals surface area contributed by atoms with Crippen LogP contribution >= 0.6 is 11.3 Å². The van der Waals surface area contributed by atoms with Crippen molar-refractivity contribution in [3.8, 4) is 33.6 Å². The van der Waals surface area contributed by atoms with Gasteiger partial charge in [0.1, 0.15) is 0 Å². The molecule has 11 aromatic rings. The standard InChI is InChI=1S/C48H30N2S/c1-3-13-31(14-4-1)35-25-28-45(47-38-19-9-12-22-46(38)51-48(35)47)50-42-21-11-8-18-37(42)40-30-33(24-27-44(40)50)32-23-26-43-39(29-32)36-17-7-10-20-41(36)49(43)34-15-5-2-6-16-34/h1-30H/i1D,2D,3D,4D,5D,6D,7D,8D,9D,10D,11D,12D,13D,14D,15D,16D,17D,18D,19D,20D,21D,22D,23D,24D,25D,26D,27D,28D,29D,30D. The van der Waals surface area contributed by atoms with E-state index in [9.17, 15) is 15.1 Å². The molecule has 0 aliphatic heterocycles. The highest BCUT2D eigenvalue weighted by Crippen LogP contribution is 2.45. The maximum absolute atomic E-state index is 10.0. The van der Waals surface area contributed by atoms with Crippen LogP contribution in [0.5, 0.6) is 0 Å². The topological polar surface area (TPSA) is 9.86 Å². The first-order chi connectivity index (χ1) is 37.8. The Bertz CT molecular complexity index is 4820. The van der Waals surface area contributed by atoms with Crippen molar-refractivity contribution < 1.29 is 41.1 Å². The van der Waals surface area contributed by atoms with E-state index in [0.717, 1.165) is 9.13 Å². The molecule has 0 bridgehead atoms. The Morgan fingerprint density at radius 2 is 0.922 bits per heavy atom. The quantitative estimate of drug-likeness (QED) is 0.173. The van der Waals surface area contributed by atoms with Crippen molar-refractivity contribution in [2.45, 2.75) is 0 Å². The van der Waals surface area contributed by atoms with Crippen molar-refractivity contribution in [1.29, 1.82) is 0 Å². The van der Waals surface area contributed by atoms with Crippen LogP contribution in [-0.4, -0.2) is 9.13 Å². The molecule has 0 saturated heterocycles. The molecule has 0 atom stereocenters. The first-order valence-corrected chi connectivity index (χ1v) is 15.8. The third-order valence-corrected chi connectivity index (χ3v) is 9.48. The molecule has 0 radical (unpaired) electrons. The Kier molecular flexibility index (Phi) is 2.56. The number of fused-ring (bicyclic) bond motifs is 9. The number of thiophene rings is 1. The highest BCUT2D eigenvalue weighted by Gasteiger charge is 2.20. The van der Waals surface area contributed by atoms with E-state index in [0.29, 0.717) is 11.3 Å². The van der Waals surface area contributed by atoms with Crippen LogP contribution in [0.25, 0.3) is 97.4 Å². The summed E-state index contributed by atoms with van der Waals surface area (Å²) in [7, 11) is 0. The minimum absolute atomic E-state index is 0.250. The molecule has 0 amide bonds. The van der Waals surface area contributed by atoms with Crippen LogP contribution in [0, 0.1) is 0 Å². The smallest absolute Gasteiger partial charge is 0.0645 e. The van der Waals surface area contributed by atoms with Crippen molar-refractivity contribution in [3.63, 3.8) is 0 Å². The van der Waals surface area contributed by atoms with Crippen molar-refractivity contribution in [2.75, 3.05) is 0 Å². The average Bonchev–Trinajstić information content (AvgIpc) is 4.34. The van der Waals surface area contributed by atoms with E-state index in [2.05, 4.69) is 0 Å². The van der Waals surface area contributed by atoms with E-state index in [1.54, 1.807) is 0 Å². The molecule has 0 aliphatic rings. The lowest BCUT2D eigenvalue weighted by Crippen LogP contribution is -1.95. The summed E-state index contributed by atoms with van der Waals surface area (Å²) in [6.07, 6.45) is 0. The van der Waals surface area contributed by atoms with Crippen LogP contribution in [0.3, 0.4) is 0 Å². The number of hydrogen-bond donors (Lipinski definition) is 0. The van der Waals surface area contributed by atoms with Gasteiger partial charge in [-0.05, 0) is 82.7 Å². The normalized spacial score (nSPS) is 20.2. The van der Waals surface area contributed by atoms with Crippen LogP contribution in [0.2, 0.25) is 0 Å². The zero-order chi connectivity index (χ0) is 59.6.